The van der Waals surface area contributed by atoms with E-state index in [1.807, 2.05) is 60.7 Å². The summed E-state index contributed by atoms with van der Waals surface area (Å²) in [4.78, 5) is 23.1. The van der Waals surface area contributed by atoms with E-state index in [2.05, 4.69) is 10.5 Å². The van der Waals surface area contributed by atoms with Crippen LogP contribution < -0.4 is 10.2 Å². The van der Waals surface area contributed by atoms with Gasteiger partial charge < -0.3 is 4.74 Å². The average molecular weight is 375 g/mol. The average Bonchev–Trinajstić information content (AvgIpc) is 2.74. The Labute approximate surface area is 161 Å². The number of benzene rings is 3. The first-order chi connectivity index (χ1) is 13.6. The van der Waals surface area contributed by atoms with Gasteiger partial charge in [0.2, 0.25) is 0 Å². The molecule has 140 valence electrons. The van der Waals surface area contributed by atoms with Crippen LogP contribution in [0.5, 0.6) is 5.75 Å². The molecule has 1 amide bonds. The van der Waals surface area contributed by atoms with Gasteiger partial charge in [-0.05, 0) is 12.1 Å². The van der Waals surface area contributed by atoms with E-state index in [9.17, 15) is 14.9 Å². The minimum Gasteiger partial charge on any atom is -0.490 e. The quantitative estimate of drug-likeness (QED) is 0.403. The number of ether oxygens (including phenoxy) is 1. The van der Waals surface area contributed by atoms with Crippen LogP contribution >= 0.6 is 0 Å². The minimum atomic E-state index is -0.599. The Kier molecular flexibility index (Phi) is 5.76. The Morgan fingerprint density at radius 2 is 1.50 bits per heavy atom. The Morgan fingerprint density at radius 3 is 2.00 bits per heavy atom. The van der Waals surface area contributed by atoms with Crippen molar-refractivity contribution in [3.05, 3.63) is 106 Å². The van der Waals surface area contributed by atoms with Crippen LogP contribution in [0.25, 0.3) is 0 Å². The molecule has 7 heteroatoms. The van der Waals surface area contributed by atoms with Crippen molar-refractivity contribution in [1.29, 1.82) is 0 Å². The topological polar surface area (TPSA) is 93.8 Å². The molecule has 0 aliphatic heterocycles. The van der Waals surface area contributed by atoms with Gasteiger partial charge in [0.1, 0.15) is 0 Å². The van der Waals surface area contributed by atoms with Crippen LogP contribution in [0.1, 0.15) is 21.5 Å². The summed E-state index contributed by atoms with van der Waals surface area (Å²) < 4.78 is 4.95. The molecule has 0 fully saturated rings. The first-order valence-corrected chi connectivity index (χ1v) is 8.41. The zero-order valence-corrected chi connectivity index (χ0v) is 15.0. The Bertz CT molecular complexity index is 977. The number of methoxy groups -OCH3 is 1. The highest BCUT2D eigenvalue weighted by molar-refractivity contribution is 6.13. The van der Waals surface area contributed by atoms with Crippen LogP contribution in [-0.4, -0.2) is 23.7 Å². The molecule has 0 aliphatic rings. The van der Waals surface area contributed by atoms with Gasteiger partial charge >= 0.3 is 5.69 Å². The van der Waals surface area contributed by atoms with Crippen LogP contribution in [0.2, 0.25) is 0 Å². The smallest absolute Gasteiger partial charge is 0.311 e. The van der Waals surface area contributed by atoms with Crippen molar-refractivity contribution in [3.8, 4) is 5.75 Å². The lowest BCUT2D eigenvalue weighted by Gasteiger charge is -2.08. The molecule has 1 N–H and O–H groups in total. The van der Waals surface area contributed by atoms with Gasteiger partial charge in [-0.1, -0.05) is 60.7 Å². The van der Waals surface area contributed by atoms with Gasteiger partial charge in [-0.2, -0.15) is 5.10 Å². The molecule has 7 nitrogen and oxygen atoms in total. The van der Waals surface area contributed by atoms with Gasteiger partial charge in [0.15, 0.2) is 5.75 Å². The molecule has 3 aromatic carbocycles. The van der Waals surface area contributed by atoms with Crippen LogP contribution in [0.15, 0.2) is 84.0 Å². The van der Waals surface area contributed by atoms with Crippen molar-refractivity contribution in [2.75, 3.05) is 7.11 Å². The Hall–Kier alpha value is -4.00. The van der Waals surface area contributed by atoms with E-state index in [1.165, 1.54) is 19.2 Å². The zero-order chi connectivity index (χ0) is 19.9. The van der Waals surface area contributed by atoms with E-state index in [4.69, 9.17) is 4.74 Å². The minimum absolute atomic E-state index is 0.0827. The van der Waals surface area contributed by atoms with Gasteiger partial charge in [0.25, 0.3) is 5.91 Å². The number of carbonyl (C=O) groups excluding carboxylic acids is 1. The number of amides is 1. The summed E-state index contributed by atoms with van der Waals surface area (Å²) in [5, 5.41) is 15.4. The second-order valence-electron chi connectivity index (χ2n) is 5.78. The first kappa shape index (κ1) is 18.8. The summed E-state index contributed by atoms with van der Waals surface area (Å²) in [6.07, 6.45) is 0. The molecule has 0 atom stereocenters. The van der Waals surface area contributed by atoms with Gasteiger partial charge in [-0.3, -0.25) is 14.9 Å². The molecule has 0 aliphatic carbocycles. The van der Waals surface area contributed by atoms with Crippen LogP contribution in [0, 0.1) is 10.1 Å². The lowest BCUT2D eigenvalue weighted by molar-refractivity contribution is -0.385. The summed E-state index contributed by atoms with van der Waals surface area (Å²) in [5.41, 5.74) is 4.54. The molecule has 0 saturated heterocycles. The number of hydrogen-bond acceptors (Lipinski definition) is 5. The number of hydrogen-bond donors (Lipinski definition) is 1. The molecule has 28 heavy (non-hydrogen) atoms. The predicted octanol–water partition coefficient (Wildman–Crippen LogP) is 3.79. The van der Waals surface area contributed by atoms with Gasteiger partial charge in [-0.15, -0.1) is 0 Å². The van der Waals surface area contributed by atoms with Gasteiger partial charge in [0.05, 0.1) is 17.7 Å². The van der Waals surface area contributed by atoms with E-state index in [0.717, 1.165) is 17.2 Å². The summed E-state index contributed by atoms with van der Waals surface area (Å²) >= 11 is 0. The fraction of sp³-hybridized carbons (Fsp3) is 0.0476. The second kappa shape index (κ2) is 8.59. The highest BCUT2D eigenvalue weighted by atomic mass is 16.6. The van der Waals surface area contributed by atoms with E-state index in [-0.39, 0.29) is 17.0 Å². The summed E-state index contributed by atoms with van der Waals surface area (Å²) in [6, 6.07) is 22.8. The highest BCUT2D eigenvalue weighted by Gasteiger charge is 2.18. The SMILES string of the molecule is COc1ccc(C(=O)NN=C(c2ccccc2)c2ccccc2)cc1[N+](=O)[O-]. The first-order valence-electron chi connectivity index (χ1n) is 8.41. The Morgan fingerprint density at radius 1 is 0.929 bits per heavy atom. The fourth-order valence-electron chi connectivity index (χ4n) is 2.63. The van der Waals surface area contributed by atoms with Gasteiger partial charge in [0, 0.05) is 22.8 Å². The van der Waals surface area contributed by atoms with Crippen molar-refractivity contribution in [2.24, 2.45) is 5.10 Å². The molecule has 3 aromatic rings. The van der Waals surface area contributed by atoms with Crippen molar-refractivity contribution in [1.82, 2.24) is 5.43 Å². The second-order valence-corrected chi connectivity index (χ2v) is 5.78. The molecule has 0 saturated carbocycles. The number of nitrogens with zero attached hydrogens (tertiary/aromatic N) is 2. The maximum atomic E-state index is 12.5. The maximum Gasteiger partial charge on any atom is 0.311 e. The number of hydrazone groups is 1. The van der Waals surface area contributed by atoms with Crippen molar-refractivity contribution >= 4 is 17.3 Å². The lowest BCUT2D eigenvalue weighted by Crippen LogP contribution is -2.20. The molecule has 0 aromatic heterocycles. The van der Waals surface area contributed by atoms with Crippen LogP contribution in [-0.2, 0) is 0 Å². The predicted molar refractivity (Wildman–Crippen MR) is 106 cm³/mol. The fourth-order valence-corrected chi connectivity index (χ4v) is 2.63. The standard InChI is InChI=1S/C21H17N3O4/c1-28-19-13-12-17(14-18(19)24(26)27)21(25)23-22-20(15-8-4-2-5-9-15)16-10-6-3-7-11-16/h2-14H,1H3,(H,23,25). The summed E-state index contributed by atoms with van der Waals surface area (Å²) in [5.74, 6) is -0.477. The molecule has 3 rings (SSSR count). The van der Waals surface area contributed by atoms with E-state index < -0.39 is 10.8 Å². The monoisotopic (exact) mass is 375 g/mol. The molecule has 0 bridgehead atoms. The zero-order valence-electron chi connectivity index (χ0n) is 15.0. The van der Waals surface area contributed by atoms with Crippen LogP contribution in [0.4, 0.5) is 5.69 Å². The number of nitro benzene ring substituents is 1. The lowest BCUT2D eigenvalue weighted by atomic mass is 10.0. The number of carbonyl (C=O) groups is 1. The van der Waals surface area contributed by atoms with E-state index in [0.29, 0.717) is 5.71 Å². The summed E-state index contributed by atoms with van der Waals surface area (Å²) in [6.45, 7) is 0. The molecule has 0 spiro atoms. The Balaban J connectivity index is 1.92. The maximum absolute atomic E-state index is 12.5. The van der Waals surface area contributed by atoms with Crippen molar-refractivity contribution < 1.29 is 14.5 Å². The van der Waals surface area contributed by atoms with Crippen molar-refractivity contribution in [2.45, 2.75) is 0 Å². The third-order valence-corrected chi connectivity index (χ3v) is 4.00. The molecule has 0 unspecified atom stereocenters. The van der Waals surface area contributed by atoms with E-state index in [1.54, 1.807) is 0 Å². The number of nitrogens with one attached hydrogen (secondary N) is 1. The third-order valence-electron chi connectivity index (χ3n) is 4.00. The summed E-state index contributed by atoms with van der Waals surface area (Å²) in [7, 11) is 1.33. The highest BCUT2D eigenvalue weighted by Crippen LogP contribution is 2.27. The van der Waals surface area contributed by atoms with Crippen molar-refractivity contribution in [3.63, 3.8) is 0 Å². The number of rotatable bonds is 6. The molecule has 0 radical (unpaired) electrons. The normalized spacial score (nSPS) is 10.0. The number of nitro groups is 1. The molecular formula is C21H17N3O4. The molecular weight excluding hydrogens is 358 g/mol. The largest absolute Gasteiger partial charge is 0.490 e. The third kappa shape index (κ3) is 4.21. The van der Waals surface area contributed by atoms with Crippen LogP contribution in [0.3, 0.4) is 0 Å². The molecule has 0 heterocycles. The van der Waals surface area contributed by atoms with Gasteiger partial charge in [-0.25, -0.2) is 5.43 Å². The van der Waals surface area contributed by atoms with E-state index >= 15 is 0 Å².